The predicted molar refractivity (Wildman–Crippen MR) is 97.8 cm³/mol. The Balaban J connectivity index is 1.89. The lowest BCUT2D eigenvalue weighted by Gasteiger charge is -2.43. The molecule has 0 aromatic heterocycles. The van der Waals surface area contributed by atoms with Crippen LogP contribution in [0.1, 0.15) is 35.2 Å². The Kier molecular flexibility index (Phi) is 4.78. The summed E-state index contributed by atoms with van der Waals surface area (Å²) in [5, 5.41) is 3.24. The lowest BCUT2D eigenvalue weighted by atomic mass is 9.71. The largest absolute Gasteiger partial charge is 0.497 e. The van der Waals surface area contributed by atoms with E-state index in [9.17, 15) is 4.79 Å². The van der Waals surface area contributed by atoms with E-state index in [0.29, 0.717) is 11.3 Å². The Hall–Kier alpha value is -1.33. The molecule has 0 atom stereocenters. The van der Waals surface area contributed by atoms with Crippen molar-refractivity contribution in [3.63, 3.8) is 0 Å². The molecule has 0 radical (unpaired) electrons. The zero-order chi connectivity index (χ0) is 16.4. The number of methoxy groups -OCH3 is 1. The Bertz CT molecular complexity index is 742. The highest BCUT2D eigenvalue weighted by Crippen LogP contribution is 2.42. The fourth-order valence-electron chi connectivity index (χ4n) is 2.89. The highest BCUT2D eigenvalue weighted by atomic mass is 79.9. The first kappa shape index (κ1) is 16.5. The molecule has 0 saturated heterocycles. The lowest BCUT2D eigenvalue weighted by Crippen LogP contribution is -2.50. The highest BCUT2D eigenvalue weighted by molar-refractivity contribution is 9.10. The second-order valence-corrected chi connectivity index (χ2v) is 7.52. The van der Waals surface area contributed by atoms with Gasteiger partial charge >= 0.3 is 0 Å². The zero-order valence-corrected chi connectivity index (χ0v) is 15.9. The van der Waals surface area contributed by atoms with Crippen molar-refractivity contribution in [1.29, 1.82) is 0 Å². The quantitative estimate of drug-likeness (QED) is 0.726. The van der Waals surface area contributed by atoms with Crippen LogP contribution in [0.15, 0.2) is 51.4 Å². The van der Waals surface area contributed by atoms with Crippen LogP contribution in [0.4, 0.5) is 0 Å². The van der Waals surface area contributed by atoms with Gasteiger partial charge in [-0.3, -0.25) is 4.79 Å². The third-order valence-corrected chi connectivity index (χ3v) is 5.54. The molecular formula is C18H17Br2NO2. The molecular weight excluding hydrogens is 422 g/mol. The fourth-order valence-corrected chi connectivity index (χ4v) is 3.72. The third-order valence-electron chi connectivity index (χ3n) is 4.36. The van der Waals surface area contributed by atoms with E-state index in [1.807, 2.05) is 24.3 Å². The third kappa shape index (κ3) is 3.31. The Morgan fingerprint density at radius 3 is 2.57 bits per heavy atom. The summed E-state index contributed by atoms with van der Waals surface area (Å²) in [6.07, 6.45) is 3.03. The molecule has 0 spiro atoms. The zero-order valence-electron chi connectivity index (χ0n) is 12.7. The normalized spacial score (nSPS) is 15.6. The van der Waals surface area contributed by atoms with Crippen LogP contribution in [0.3, 0.4) is 0 Å². The van der Waals surface area contributed by atoms with Gasteiger partial charge in [0.1, 0.15) is 5.75 Å². The standard InChI is InChI=1S/C18H17Br2NO2/c1-23-14-6-7-16(20)15(11-14)17(22)21-18(8-3-9-18)12-4-2-5-13(19)10-12/h2,4-7,10-11H,3,8-9H2,1H3,(H,21,22). The van der Waals surface area contributed by atoms with Crippen LogP contribution in [-0.4, -0.2) is 13.0 Å². The van der Waals surface area contributed by atoms with E-state index in [-0.39, 0.29) is 11.4 Å². The summed E-state index contributed by atoms with van der Waals surface area (Å²) in [7, 11) is 1.60. The van der Waals surface area contributed by atoms with Crippen LogP contribution in [0.25, 0.3) is 0 Å². The number of ether oxygens (including phenoxy) is 1. The minimum absolute atomic E-state index is 0.0875. The van der Waals surface area contributed by atoms with Crippen molar-refractivity contribution in [1.82, 2.24) is 5.32 Å². The first-order valence-electron chi connectivity index (χ1n) is 7.46. The second-order valence-electron chi connectivity index (χ2n) is 5.75. The van der Waals surface area contributed by atoms with Gasteiger partial charge in [-0.15, -0.1) is 0 Å². The highest BCUT2D eigenvalue weighted by Gasteiger charge is 2.40. The second kappa shape index (κ2) is 6.65. The van der Waals surface area contributed by atoms with Crippen molar-refractivity contribution < 1.29 is 9.53 Å². The SMILES string of the molecule is COc1ccc(Br)c(C(=O)NC2(c3cccc(Br)c3)CCC2)c1. The maximum absolute atomic E-state index is 12.8. The Morgan fingerprint density at radius 1 is 1.17 bits per heavy atom. The summed E-state index contributed by atoms with van der Waals surface area (Å²) in [6.45, 7) is 0. The van der Waals surface area contributed by atoms with Crippen LogP contribution < -0.4 is 10.1 Å². The van der Waals surface area contributed by atoms with Crippen molar-refractivity contribution in [3.8, 4) is 5.75 Å². The minimum atomic E-state index is -0.274. The van der Waals surface area contributed by atoms with E-state index < -0.39 is 0 Å². The van der Waals surface area contributed by atoms with Gasteiger partial charge in [0.25, 0.3) is 5.91 Å². The van der Waals surface area contributed by atoms with E-state index in [1.54, 1.807) is 13.2 Å². The smallest absolute Gasteiger partial charge is 0.253 e. The van der Waals surface area contributed by atoms with Crippen LogP contribution in [0.2, 0.25) is 0 Å². The van der Waals surface area contributed by atoms with Gasteiger partial charge in [0.05, 0.1) is 18.2 Å². The molecule has 3 nitrogen and oxygen atoms in total. The van der Waals surface area contributed by atoms with Gasteiger partial charge in [-0.1, -0.05) is 28.1 Å². The van der Waals surface area contributed by atoms with Crippen molar-refractivity contribution >= 4 is 37.8 Å². The maximum atomic E-state index is 12.8. The minimum Gasteiger partial charge on any atom is -0.497 e. The van der Waals surface area contributed by atoms with E-state index in [4.69, 9.17) is 4.74 Å². The number of nitrogens with one attached hydrogen (secondary N) is 1. The van der Waals surface area contributed by atoms with Crippen molar-refractivity contribution in [2.45, 2.75) is 24.8 Å². The molecule has 0 aliphatic heterocycles. The van der Waals surface area contributed by atoms with Crippen molar-refractivity contribution in [2.24, 2.45) is 0 Å². The predicted octanol–water partition coefficient (Wildman–Crippen LogP) is 5.03. The van der Waals surface area contributed by atoms with E-state index >= 15 is 0 Å². The van der Waals surface area contributed by atoms with Gasteiger partial charge in [-0.2, -0.15) is 0 Å². The molecule has 1 amide bonds. The average molecular weight is 439 g/mol. The summed E-state index contributed by atoms with van der Waals surface area (Å²) >= 11 is 6.96. The molecule has 1 N–H and O–H groups in total. The Labute approximate surface area is 152 Å². The van der Waals surface area contributed by atoms with Gasteiger partial charge in [0.2, 0.25) is 0 Å². The molecule has 0 heterocycles. The van der Waals surface area contributed by atoms with Crippen LogP contribution in [0, 0.1) is 0 Å². The summed E-state index contributed by atoms with van der Waals surface area (Å²) in [5.41, 5.74) is 1.46. The summed E-state index contributed by atoms with van der Waals surface area (Å²) in [6, 6.07) is 13.6. The van der Waals surface area contributed by atoms with E-state index in [2.05, 4.69) is 49.3 Å². The van der Waals surface area contributed by atoms with Crippen LogP contribution in [0.5, 0.6) is 5.75 Å². The Morgan fingerprint density at radius 2 is 1.96 bits per heavy atom. The van der Waals surface area contributed by atoms with Crippen molar-refractivity contribution in [3.05, 3.63) is 62.5 Å². The van der Waals surface area contributed by atoms with Gasteiger partial charge in [0.15, 0.2) is 0 Å². The molecule has 1 fully saturated rings. The number of rotatable bonds is 4. The van der Waals surface area contributed by atoms with Crippen LogP contribution >= 0.6 is 31.9 Å². The number of hydrogen-bond acceptors (Lipinski definition) is 2. The molecule has 0 bridgehead atoms. The van der Waals surface area contributed by atoms with Gasteiger partial charge in [0, 0.05) is 8.95 Å². The topological polar surface area (TPSA) is 38.3 Å². The fraction of sp³-hybridized carbons (Fsp3) is 0.278. The summed E-state index contributed by atoms with van der Waals surface area (Å²) < 4.78 is 7.01. The molecule has 3 rings (SSSR count). The number of benzene rings is 2. The van der Waals surface area contributed by atoms with Gasteiger partial charge in [-0.05, 0) is 71.1 Å². The van der Waals surface area contributed by atoms with Crippen LogP contribution in [-0.2, 0) is 5.54 Å². The van der Waals surface area contributed by atoms with Gasteiger partial charge < -0.3 is 10.1 Å². The molecule has 23 heavy (non-hydrogen) atoms. The number of hydrogen-bond donors (Lipinski definition) is 1. The molecule has 1 saturated carbocycles. The lowest BCUT2D eigenvalue weighted by molar-refractivity contribution is 0.0822. The first-order valence-corrected chi connectivity index (χ1v) is 9.05. The average Bonchev–Trinajstić information content (AvgIpc) is 2.51. The first-order chi connectivity index (χ1) is 11.0. The summed E-state index contributed by atoms with van der Waals surface area (Å²) in [4.78, 5) is 12.8. The maximum Gasteiger partial charge on any atom is 0.253 e. The molecule has 120 valence electrons. The number of halogens is 2. The molecule has 1 aliphatic carbocycles. The monoisotopic (exact) mass is 437 g/mol. The van der Waals surface area contributed by atoms with E-state index in [0.717, 1.165) is 33.8 Å². The number of carbonyl (C=O) groups is 1. The molecule has 1 aliphatic rings. The van der Waals surface area contributed by atoms with Crippen molar-refractivity contribution in [2.75, 3.05) is 7.11 Å². The van der Waals surface area contributed by atoms with E-state index in [1.165, 1.54) is 0 Å². The summed E-state index contributed by atoms with van der Waals surface area (Å²) in [5.74, 6) is 0.582. The number of amides is 1. The number of carbonyl (C=O) groups excluding carboxylic acids is 1. The molecule has 5 heteroatoms. The molecule has 0 unspecified atom stereocenters. The van der Waals surface area contributed by atoms with Gasteiger partial charge in [-0.25, -0.2) is 0 Å². The molecule has 2 aromatic carbocycles. The molecule has 2 aromatic rings.